The van der Waals surface area contributed by atoms with E-state index in [1.54, 1.807) is 35.6 Å². The summed E-state index contributed by atoms with van der Waals surface area (Å²) in [5.74, 6) is 0.168. The fourth-order valence-electron chi connectivity index (χ4n) is 2.60. The highest BCUT2D eigenvalue weighted by molar-refractivity contribution is 14.1. The number of carbonyl (C=O) groups excluding carboxylic acids is 1. The van der Waals surface area contributed by atoms with Crippen molar-refractivity contribution in [2.75, 3.05) is 0 Å². The molecule has 0 bridgehead atoms. The lowest BCUT2D eigenvalue weighted by Gasteiger charge is -2.05. The molecule has 0 saturated heterocycles. The standard InChI is InChI=1S/C21H14INO2S/c1-13-5-10-18-19(11-13)26-20(23-18)14-6-8-17(9-7-14)25-21(24)15-3-2-4-16(22)12-15/h2-12H,1H3. The third-order valence-electron chi connectivity index (χ3n) is 3.92. The summed E-state index contributed by atoms with van der Waals surface area (Å²) < 4.78 is 7.64. The predicted molar refractivity (Wildman–Crippen MR) is 114 cm³/mol. The molecule has 1 aromatic heterocycles. The average Bonchev–Trinajstić information content (AvgIpc) is 3.05. The van der Waals surface area contributed by atoms with Gasteiger partial charge >= 0.3 is 5.97 Å². The summed E-state index contributed by atoms with van der Waals surface area (Å²) in [6.07, 6.45) is 0. The highest BCUT2D eigenvalue weighted by Gasteiger charge is 2.10. The first-order valence-corrected chi connectivity index (χ1v) is 9.93. The van der Waals surface area contributed by atoms with Crippen LogP contribution in [0.2, 0.25) is 0 Å². The van der Waals surface area contributed by atoms with Gasteiger partial charge in [0.1, 0.15) is 10.8 Å². The molecule has 4 rings (SSSR count). The Morgan fingerprint density at radius 1 is 1.04 bits per heavy atom. The number of thiazole rings is 1. The van der Waals surface area contributed by atoms with Crippen LogP contribution in [-0.4, -0.2) is 11.0 Å². The normalized spacial score (nSPS) is 10.8. The maximum atomic E-state index is 12.2. The predicted octanol–water partition coefficient (Wildman–Crippen LogP) is 6.10. The smallest absolute Gasteiger partial charge is 0.343 e. The number of fused-ring (bicyclic) bond motifs is 1. The van der Waals surface area contributed by atoms with Crippen LogP contribution in [0.25, 0.3) is 20.8 Å². The second-order valence-electron chi connectivity index (χ2n) is 5.91. The number of ether oxygens (including phenoxy) is 1. The number of benzene rings is 3. The Labute approximate surface area is 168 Å². The molecule has 0 unspecified atom stereocenters. The highest BCUT2D eigenvalue weighted by Crippen LogP contribution is 2.31. The van der Waals surface area contributed by atoms with Crippen molar-refractivity contribution in [3.63, 3.8) is 0 Å². The summed E-state index contributed by atoms with van der Waals surface area (Å²) in [7, 11) is 0. The Hall–Kier alpha value is -2.25. The number of hydrogen-bond acceptors (Lipinski definition) is 4. The molecule has 0 aliphatic carbocycles. The number of aromatic nitrogens is 1. The van der Waals surface area contributed by atoms with E-state index in [1.807, 2.05) is 30.3 Å². The molecule has 26 heavy (non-hydrogen) atoms. The maximum Gasteiger partial charge on any atom is 0.343 e. The molecular formula is C21H14INO2S. The molecule has 3 aromatic carbocycles. The molecule has 0 atom stereocenters. The summed E-state index contributed by atoms with van der Waals surface area (Å²) in [6.45, 7) is 2.08. The van der Waals surface area contributed by atoms with Gasteiger partial charge < -0.3 is 4.74 Å². The van der Waals surface area contributed by atoms with Crippen LogP contribution in [0.3, 0.4) is 0 Å². The molecule has 0 radical (unpaired) electrons. The topological polar surface area (TPSA) is 39.2 Å². The first kappa shape index (κ1) is 17.2. The molecule has 0 N–H and O–H groups in total. The summed E-state index contributed by atoms with van der Waals surface area (Å²) >= 11 is 3.84. The molecule has 0 aliphatic heterocycles. The van der Waals surface area contributed by atoms with Gasteiger partial charge in [-0.05, 0) is 89.7 Å². The van der Waals surface area contributed by atoms with Gasteiger partial charge in [0.25, 0.3) is 0 Å². The fourth-order valence-corrected chi connectivity index (χ4v) is 4.21. The van der Waals surface area contributed by atoms with Crippen LogP contribution in [0.5, 0.6) is 5.75 Å². The van der Waals surface area contributed by atoms with Crippen LogP contribution < -0.4 is 4.74 Å². The minimum Gasteiger partial charge on any atom is -0.423 e. The van der Waals surface area contributed by atoms with Crippen molar-refractivity contribution in [1.29, 1.82) is 0 Å². The first-order valence-electron chi connectivity index (χ1n) is 8.04. The third kappa shape index (κ3) is 3.64. The van der Waals surface area contributed by atoms with E-state index in [0.717, 1.165) is 19.7 Å². The summed E-state index contributed by atoms with van der Waals surface area (Å²) in [4.78, 5) is 16.9. The van der Waals surface area contributed by atoms with Crippen LogP contribution in [0.1, 0.15) is 15.9 Å². The van der Waals surface area contributed by atoms with Gasteiger partial charge in [-0.15, -0.1) is 11.3 Å². The van der Waals surface area contributed by atoms with Crippen molar-refractivity contribution >= 4 is 50.1 Å². The van der Waals surface area contributed by atoms with Gasteiger partial charge in [-0.25, -0.2) is 9.78 Å². The fraction of sp³-hybridized carbons (Fsp3) is 0.0476. The van der Waals surface area contributed by atoms with Crippen molar-refractivity contribution < 1.29 is 9.53 Å². The van der Waals surface area contributed by atoms with E-state index in [0.29, 0.717) is 11.3 Å². The summed E-state index contributed by atoms with van der Waals surface area (Å²) in [5.41, 5.74) is 3.79. The molecule has 0 saturated carbocycles. The van der Waals surface area contributed by atoms with E-state index in [4.69, 9.17) is 4.74 Å². The summed E-state index contributed by atoms with van der Waals surface area (Å²) in [5, 5.41) is 0.959. The zero-order valence-corrected chi connectivity index (χ0v) is 16.9. The van der Waals surface area contributed by atoms with Gasteiger partial charge in [0.15, 0.2) is 0 Å². The Morgan fingerprint density at radius 2 is 1.85 bits per heavy atom. The average molecular weight is 471 g/mol. The first-order chi connectivity index (χ1) is 12.6. The molecule has 5 heteroatoms. The number of esters is 1. The lowest BCUT2D eigenvalue weighted by molar-refractivity contribution is 0.0734. The zero-order valence-electron chi connectivity index (χ0n) is 13.9. The van der Waals surface area contributed by atoms with E-state index in [2.05, 4.69) is 46.6 Å². The van der Waals surface area contributed by atoms with E-state index in [9.17, 15) is 4.79 Å². The van der Waals surface area contributed by atoms with E-state index in [1.165, 1.54) is 10.3 Å². The number of hydrogen-bond donors (Lipinski definition) is 0. The lowest BCUT2D eigenvalue weighted by Crippen LogP contribution is -2.08. The van der Waals surface area contributed by atoms with Crippen LogP contribution in [0.15, 0.2) is 66.7 Å². The summed E-state index contributed by atoms with van der Waals surface area (Å²) in [6, 6.07) is 21.1. The second kappa shape index (κ2) is 7.17. The van der Waals surface area contributed by atoms with Gasteiger partial charge in [0.2, 0.25) is 0 Å². The van der Waals surface area contributed by atoms with Crippen LogP contribution >= 0.6 is 33.9 Å². The Morgan fingerprint density at radius 3 is 2.62 bits per heavy atom. The number of halogens is 1. The number of aryl methyl sites for hydroxylation is 1. The van der Waals surface area contributed by atoms with Crippen molar-refractivity contribution in [3.8, 4) is 16.3 Å². The van der Waals surface area contributed by atoms with Gasteiger partial charge in [0.05, 0.1) is 15.8 Å². The van der Waals surface area contributed by atoms with Crippen molar-refractivity contribution in [2.45, 2.75) is 6.92 Å². The van der Waals surface area contributed by atoms with Gasteiger partial charge in [-0.2, -0.15) is 0 Å². The Balaban J connectivity index is 1.55. The zero-order chi connectivity index (χ0) is 18.1. The molecular weight excluding hydrogens is 457 g/mol. The highest BCUT2D eigenvalue weighted by atomic mass is 127. The largest absolute Gasteiger partial charge is 0.423 e. The van der Waals surface area contributed by atoms with E-state index >= 15 is 0 Å². The van der Waals surface area contributed by atoms with E-state index in [-0.39, 0.29) is 5.97 Å². The molecule has 4 aromatic rings. The minimum absolute atomic E-state index is 0.355. The minimum atomic E-state index is -0.355. The SMILES string of the molecule is Cc1ccc2nc(-c3ccc(OC(=O)c4cccc(I)c4)cc3)sc2c1. The Bertz CT molecular complexity index is 1100. The van der Waals surface area contributed by atoms with Crippen LogP contribution in [0, 0.1) is 10.5 Å². The molecule has 1 heterocycles. The molecule has 3 nitrogen and oxygen atoms in total. The molecule has 0 amide bonds. The third-order valence-corrected chi connectivity index (χ3v) is 5.65. The molecule has 0 fully saturated rings. The molecule has 0 aliphatic rings. The van der Waals surface area contributed by atoms with Gasteiger partial charge in [0, 0.05) is 9.13 Å². The van der Waals surface area contributed by atoms with E-state index < -0.39 is 0 Å². The monoisotopic (exact) mass is 471 g/mol. The van der Waals surface area contributed by atoms with Crippen molar-refractivity contribution in [1.82, 2.24) is 4.98 Å². The molecule has 0 spiro atoms. The Kier molecular flexibility index (Phi) is 4.74. The molecule has 128 valence electrons. The van der Waals surface area contributed by atoms with Gasteiger partial charge in [-0.1, -0.05) is 12.1 Å². The number of rotatable bonds is 3. The number of nitrogens with zero attached hydrogens (tertiary/aromatic N) is 1. The van der Waals surface area contributed by atoms with Gasteiger partial charge in [-0.3, -0.25) is 0 Å². The second-order valence-corrected chi connectivity index (χ2v) is 8.19. The number of carbonyl (C=O) groups is 1. The van der Waals surface area contributed by atoms with Crippen LogP contribution in [0.4, 0.5) is 0 Å². The quantitative estimate of drug-likeness (QED) is 0.206. The van der Waals surface area contributed by atoms with Crippen LogP contribution in [-0.2, 0) is 0 Å². The lowest BCUT2D eigenvalue weighted by atomic mass is 10.2. The maximum absolute atomic E-state index is 12.2. The van der Waals surface area contributed by atoms with Crippen molar-refractivity contribution in [2.24, 2.45) is 0 Å². The van der Waals surface area contributed by atoms with Crippen molar-refractivity contribution in [3.05, 3.63) is 81.4 Å².